The zero-order valence-electron chi connectivity index (χ0n) is 12.0. The van der Waals surface area contributed by atoms with Crippen molar-refractivity contribution in [3.05, 3.63) is 91.6 Å². The minimum atomic E-state index is 0.899. The predicted molar refractivity (Wildman–Crippen MR) is 91.4 cm³/mol. The van der Waals surface area contributed by atoms with Gasteiger partial charge in [-0.05, 0) is 12.1 Å². The Morgan fingerprint density at radius 2 is 1.32 bits per heavy atom. The highest BCUT2D eigenvalue weighted by atomic mass is 14.8. The molecule has 4 rings (SSSR count). The van der Waals surface area contributed by atoms with Gasteiger partial charge in [-0.3, -0.25) is 15.0 Å². The molecular formula is C19H15N3. The number of hydrogen-bond donors (Lipinski definition) is 0. The quantitative estimate of drug-likeness (QED) is 0.614. The van der Waals surface area contributed by atoms with Gasteiger partial charge >= 0.3 is 0 Å². The van der Waals surface area contributed by atoms with Crippen molar-refractivity contribution in [2.24, 2.45) is 0 Å². The highest BCUT2D eigenvalue weighted by Crippen LogP contribution is 2.19. The zero-order chi connectivity index (χ0) is 15.0. The molecule has 0 aromatic carbocycles. The maximum absolute atomic E-state index is 4.34. The van der Waals surface area contributed by atoms with Crippen molar-refractivity contribution in [2.75, 3.05) is 0 Å². The molecule has 3 nitrogen and oxygen atoms in total. The first kappa shape index (κ1) is 13.9. The summed E-state index contributed by atoms with van der Waals surface area (Å²) in [5, 5.41) is 2.10. The van der Waals surface area contributed by atoms with Crippen molar-refractivity contribution in [1.29, 1.82) is 0 Å². The third-order valence-electron chi connectivity index (χ3n) is 3.11. The van der Waals surface area contributed by atoms with Gasteiger partial charge in [0.1, 0.15) is 0 Å². The molecule has 0 fully saturated rings. The second-order valence-electron chi connectivity index (χ2n) is 4.64. The van der Waals surface area contributed by atoms with E-state index in [-0.39, 0.29) is 0 Å². The Bertz CT molecular complexity index is 833. The average Bonchev–Trinajstić information content (AvgIpc) is 2.84. The lowest BCUT2D eigenvalue weighted by molar-refractivity contribution is 1.41. The van der Waals surface area contributed by atoms with Crippen molar-refractivity contribution in [3.8, 4) is 0 Å². The van der Waals surface area contributed by atoms with Crippen LogP contribution >= 0.6 is 0 Å². The molecule has 0 aliphatic heterocycles. The summed E-state index contributed by atoms with van der Waals surface area (Å²) in [6, 6.07) is 5.78. The van der Waals surface area contributed by atoms with Crippen molar-refractivity contribution in [3.63, 3.8) is 0 Å². The second-order valence-corrected chi connectivity index (χ2v) is 4.64. The van der Waals surface area contributed by atoms with Gasteiger partial charge in [0, 0.05) is 35.6 Å². The molecule has 0 bridgehead atoms. The fraction of sp³-hybridized carbons (Fsp3) is 0. The van der Waals surface area contributed by atoms with E-state index in [0.29, 0.717) is 0 Å². The normalized spacial score (nSPS) is 12.7. The molecule has 0 saturated heterocycles. The first-order valence-electron chi connectivity index (χ1n) is 7.05. The molecule has 22 heavy (non-hydrogen) atoms. The Kier molecular flexibility index (Phi) is 4.47. The van der Waals surface area contributed by atoms with Crippen LogP contribution < -0.4 is 0 Å². The first-order valence-corrected chi connectivity index (χ1v) is 7.05. The summed E-state index contributed by atoms with van der Waals surface area (Å²) >= 11 is 0. The molecule has 0 atom stereocenters. The Balaban J connectivity index is 0.000000154. The highest BCUT2D eigenvalue weighted by Gasteiger charge is 2.01. The number of nitrogens with zero attached hydrogens (tertiary/aromatic N) is 3. The molecule has 0 unspecified atom stereocenters. The van der Waals surface area contributed by atoms with Crippen LogP contribution in [0.1, 0.15) is 0 Å². The van der Waals surface area contributed by atoms with E-state index in [1.165, 1.54) is 0 Å². The van der Waals surface area contributed by atoms with E-state index in [2.05, 4.69) is 15.0 Å². The SMILES string of the molecule is C1=CC=CC=CC=C1.c1ccc2ncc3cncc3c2nc1. The van der Waals surface area contributed by atoms with Crippen LogP contribution in [0.2, 0.25) is 0 Å². The van der Waals surface area contributed by atoms with Gasteiger partial charge in [0.05, 0.1) is 11.0 Å². The summed E-state index contributed by atoms with van der Waals surface area (Å²) in [6.07, 6.45) is 23.2. The monoisotopic (exact) mass is 285 g/mol. The molecule has 0 amide bonds. The number of allylic oxidation sites excluding steroid dienone is 8. The summed E-state index contributed by atoms with van der Waals surface area (Å²) in [6.45, 7) is 0. The second kappa shape index (κ2) is 7.09. The summed E-state index contributed by atoms with van der Waals surface area (Å²) in [5.74, 6) is 0. The Morgan fingerprint density at radius 3 is 2.00 bits per heavy atom. The Labute approximate surface area is 129 Å². The molecule has 1 aliphatic rings. The lowest BCUT2D eigenvalue weighted by Crippen LogP contribution is -1.77. The standard InChI is InChI=1S/C11H7N3.C8H8/c1-2-4-13-11-9-7-12-5-8(9)6-14-10(11)3-1;1-2-4-6-8-7-5-3-1/h1-7H;1-8H. The van der Waals surface area contributed by atoms with Crippen LogP contribution in [0.5, 0.6) is 0 Å². The van der Waals surface area contributed by atoms with E-state index >= 15 is 0 Å². The molecular weight excluding hydrogens is 270 g/mol. The van der Waals surface area contributed by atoms with E-state index in [4.69, 9.17) is 0 Å². The molecule has 106 valence electrons. The van der Waals surface area contributed by atoms with Gasteiger partial charge in [-0.1, -0.05) is 54.7 Å². The van der Waals surface area contributed by atoms with Crippen molar-refractivity contribution in [2.45, 2.75) is 0 Å². The first-order chi connectivity index (χ1) is 10.9. The summed E-state index contributed by atoms with van der Waals surface area (Å²) < 4.78 is 0. The van der Waals surface area contributed by atoms with E-state index in [9.17, 15) is 0 Å². The number of fused-ring (bicyclic) bond motifs is 3. The van der Waals surface area contributed by atoms with Crippen molar-refractivity contribution in [1.82, 2.24) is 15.0 Å². The fourth-order valence-electron chi connectivity index (χ4n) is 2.06. The van der Waals surface area contributed by atoms with Gasteiger partial charge in [0.15, 0.2) is 0 Å². The van der Waals surface area contributed by atoms with Gasteiger partial charge in [0.2, 0.25) is 0 Å². The molecule has 3 heteroatoms. The molecule has 3 aromatic rings. The minimum absolute atomic E-state index is 0.899. The van der Waals surface area contributed by atoms with Gasteiger partial charge in [-0.2, -0.15) is 0 Å². The lowest BCUT2D eigenvalue weighted by atomic mass is 10.2. The molecule has 1 aliphatic carbocycles. The zero-order valence-corrected chi connectivity index (χ0v) is 12.0. The van der Waals surface area contributed by atoms with Gasteiger partial charge < -0.3 is 0 Å². The average molecular weight is 285 g/mol. The van der Waals surface area contributed by atoms with E-state index in [0.717, 1.165) is 21.8 Å². The summed E-state index contributed by atoms with van der Waals surface area (Å²) in [5.41, 5.74) is 1.81. The van der Waals surface area contributed by atoms with Crippen LogP contribution in [0, 0.1) is 0 Å². The third kappa shape index (κ3) is 3.33. The molecule has 3 aromatic heterocycles. The van der Waals surface area contributed by atoms with E-state index in [1.807, 2.05) is 79.2 Å². The Hall–Kier alpha value is -3.07. The van der Waals surface area contributed by atoms with Crippen LogP contribution in [-0.2, 0) is 0 Å². The molecule has 3 heterocycles. The maximum atomic E-state index is 4.34. The summed E-state index contributed by atoms with van der Waals surface area (Å²) in [4.78, 5) is 12.8. The van der Waals surface area contributed by atoms with Crippen LogP contribution in [0.25, 0.3) is 21.8 Å². The fourth-order valence-corrected chi connectivity index (χ4v) is 2.06. The van der Waals surface area contributed by atoms with E-state index in [1.54, 1.807) is 12.4 Å². The van der Waals surface area contributed by atoms with Crippen molar-refractivity contribution >= 4 is 21.8 Å². The number of rotatable bonds is 0. The van der Waals surface area contributed by atoms with Gasteiger partial charge in [-0.25, -0.2) is 0 Å². The maximum Gasteiger partial charge on any atom is 0.0980 e. The van der Waals surface area contributed by atoms with E-state index < -0.39 is 0 Å². The van der Waals surface area contributed by atoms with Crippen molar-refractivity contribution < 1.29 is 0 Å². The molecule has 0 N–H and O–H groups in total. The number of pyridine rings is 1. The topological polar surface area (TPSA) is 38.7 Å². The van der Waals surface area contributed by atoms with Crippen LogP contribution in [0.4, 0.5) is 0 Å². The molecule has 0 radical (unpaired) electrons. The van der Waals surface area contributed by atoms with Crippen LogP contribution in [0.3, 0.4) is 0 Å². The molecule has 0 saturated carbocycles. The minimum Gasteiger partial charge on any atom is -0.263 e. The highest BCUT2D eigenvalue weighted by molar-refractivity contribution is 6.02. The predicted octanol–water partition coefficient (Wildman–Crippen LogP) is 4.40. The largest absolute Gasteiger partial charge is 0.263 e. The lowest BCUT2D eigenvalue weighted by Gasteiger charge is -1.92. The summed E-state index contributed by atoms with van der Waals surface area (Å²) in [7, 11) is 0. The smallest absolute Gasteiger partial charge is 0.0980 e. The third-order valence-corrected chi connectivity index (χ3v) is 3.11. The van der Waals surface area contributed by atoms with Gasteiger partial charge in [-0.15, -0.1) is 0 Å². The number of hydrogen-bond acceptors (Lipinski definition) is 3. The number of aromatic nitrogens is 3. The van der Waals surface area contributed by atoms with Gasteiger partial charge in [0.25, 0.3) is 0 Å². The Morgan fingerprint density at radius 1 is 0.636 bits per heavy atom. The molecule has 0 spiro atoms. The van der Waals surface area contributed by atoms with Crippen LogP contribution in [0.15, 0.2) is 91.6 Å². The van der Waals surface area contributed by atoms with Crippen LogP contribution in [-0.4, -0.2) is 15.0 Å².